The summed E-state index contributed by atoms with van der Waals surface area (Å²) in [5, 5.41) is 0. The number of dihydropyridines is 1. The third kappa shape index (κ3) is 2.55. The summed E-state index contributed by atoms with van der Waals surface area (Å²) in [4.78, 5) is 40.8. The van der Waals surface area contributed by atoms with Gasteiger partial charge in [-0.25, -0.2) is 4.79 Å². The average Bonchev–Trinajstić information content (AvgIpc) is 3.11. The highest BCUT2D eigenvalue weighted by atomic mass is 16.2. The van der Waals surface area contributed by atoms with Gasteiger partial charge in [0.2, 0.25) is 5.95 Å². The summed E-state index contributed by atoms with van der Waals surface area (Å²) < 4.78 is 2.49. The van der Waals surface area contributed by atoms with Crippen LogP contribution in [-0.4, -0.2) is 62.6 Å². The first-order valence-corrected chi connectivity index (χ1v) is 8.43. The summed E-state index contributed by atoms with van der Waals surface area (Å²) in [6.07, 6.45) is 5.25. The maximum atomic E-state index is 12.3. The van der Waals surface area contributed by atoms with E-state index in [1.807, 2.05) is 0 Å². The van der Waals surface area contributed by atoms with Gasteiger partial charge in [-0.3, -0.25) is 18.9 Å². The molecule has 4 heterocycles. The van der Waals surface area contributed by atoms with Gasteiger partial charge in [-0.15, -0.1) is 0 Å². The summed E-state index contributed by atoms with van der Waals surface area (Å²) >= 11 is 0. The first kappa shape index (κ1) is 15.7. The zero-order valence-corrected chi connectivity index (χ0v) is 14.4. The van der Waals surface area contributed by atoms with Crippen LogP contribution < -0.4 is 16.1 Å². The average molecular weight is 343 g/mol. The second-order valence-corrected chi connectivity index (χ2v) is 6.37. The number of piperazine rings is 1. The van der Waals surface area contributed by atoms with E-state index in [-0.39, 0.29) is 11.2 Å². The number of aromatic amines is 1. The number of aromatic nitrogens is 4. The van der Waals surface area contributed by atoms with Gasteiger partial charge >= 0.3 is 5.69 Å². The second kappa shape index (κ2) is 5.91. The summed E-state index contributed by atoms with van der Waals surface area (Å²) in [6.45, 7) is 4.10. The summed E-state index contributed by atoms with van der Waals surface area (Å²) in [5.41, 5.74) is 0.0337. The molecule has 2 aliphatic rings. The van der Waals surface area contributed by atoms with E-state index in [1.54, 1.807) is 7.05 Å². The van der Waals surface area contributed by atoms with Crippen LogP contribution in [-0.2, 0) is 14.1 Å². The lowest BCUT2D eigenvalue weighted by molar-refractivity contribution is 0.383. The van der Waals surface area contributed by atoms with Crippen molar-refractivity contribution in [1.82, 2.24) is 24.0 Å². The smallest absolute Gasteiger partial charge is 0.332 e. The number of hydrogen-bond donors (Lipinski definition) is 1. The highest BCUT2D eigenvalue weighted by Crippen LogP contribution is 2.16. The maximum Gasteiger partial charge on any atom is 0.332 e. The van der Waals surface area contributed by atoms with Gasteiger partial charge in [0.25, 0.3) is 5.56 Å². The second-order valence-electron chi connectivity index (χ2n) is 6.37. The predicted octanol–water partition coefficient (Wildman–Crippen LogP) is -0.559. The molecule has 0 aromatic carbocycles. The van der Waals surface area contributed by atoms with Crippen molar-refractivity contribution in [2.45, 2.75) is 6.42 Å². The summed E-state index contributed by atoms with van der Waals surface area (Å²) in [6, 6.07) is 0. The molecule has 0 saturated carbocycles. The van der Waals surface area contributed by atoms with E-state index in [0.717, 1.165) is 49.5 Å². The molecule has 4 rings (SSSR count). The maximum absolute atomic E-state index is 12.3. The molecule has 25 heavy (non-hydrogen) atoms. The Hall–Kier alpha value is -2.84. The lowest BCUT2D eigenvalue weighted by Crippen LogP contribution is -2.49. The van der Waals surface area contributed by atoms with Gasteiger partial charge in [-0.1, -0.05) is 6.08 Å². The third-order valence-corrected chi connectivity index (χ3v) is 4.82. The molecule has 1 fully saturated rings. The monoisotopic (exact) mass is 343 g/mol. The molecule has 1 saturated heterocycles. The number of nitrogens with zero attached hydrogens (tertiary/aromatic N) is 6. The van der Waals surface area contributed by atoms with Gasteiger partial charge in [0.1, 0.15) is 5.84 Å². The predicted molar refractivity (Wildman–Crippen MR) is 96.4 cm³/mol. The molecule has 0 unspecified atom stereocenters. The summed E-state index contributed by atoms with van der Waals surface area (Å²) in [5.74, 6) is 1.68. The first-order chi connectivity index (χ1) is 12.1. The Morgan fingerprint density at radius 3 is 2.44 bits per heavy atom. The molecular formula is C16H21N7O2. The molecule has 0 aliphatic carbocycles. The van der Waals surface area contributed by atoms with E-state index in [4.69, 9.17) is 0 Å². The minimum atomic E-state index is -0.373. The van der Waals surface area contributed by atoms with Crippen LogP contribution in [0.4, 0.5) is 5.95 Å². The molecule has 9 heteroatoms. The summed E-state index contributed by atoms with van der Waals surface area (Å²) in [7, 11) is 3.10. The van der Waals surface area contributed by atoms with Gasteiger partial charge in [0, 0.05) is 46.8 Å². The van der Waals surface area contributed by atoms with Crippen molar-refractivity contribution < 1.29 is 0 Å². The van der Waals surface area contributed by atoms with Gasteiger partial charge in [0.15, 0.2) is 11.2 Å². The van der Waals surface area contributed by atoms with Crippen molar-refractivity contribution >= 4 is 22.9 Å². The fourth-order valence-corrected chi connectivity index (χ4v) is 3.31. The zero-order chi connectivity index (χ0) is 17.6. The van der Waals surface area contributed by atoms with Crippen LogP contribution in [0, 0.1) is 0 Å². The van der Waals surface area contributed by atoms with E-state index >= 15 is 0 Å². The topological polar surface area (TPSA) is 91.5 Å². The number of aliphatic imine (C=N–C) groups is 1. The fourth-order valence-electron chi connectivity index (χ4n) is 3.31. The third-order valence-electron chi connectivity index (χ3n) is 4.82. The molecule has 2 aromatic rings. The van der Waals surface area contributed by atoms with Gasteiger partial charge < -0.3 is 14.8 Å². The van der Waals surface area contributed by atoms with Crippen molar-refractivity contribution in [3.63, 3.8) is 0 Å². The molecule has 9 nitrogen and oxygen atoms in total. The minimum absolute atomic E-state index is 0.350. The standard InChI is InChI=1S/C16H21N7O2/c1-20-13-12(14(24)21(2)16(20)25)18-15(19-13)23-9-7-22(8-10-23)11-5-3-4-6-17-11/h3,5H,4,6-10H2,1-2H3,(H,18,19). The molecule has 132 valence electrons. The Balaban J connectivity index is 1.59. The van der Waals surface area contributed by atoms with Crippen LogP contribution in [0.3, 0.4) is 0 Å². The lowest BCUT2D eigenvalue weighted by Gasteiger charge is -2.36. The Labute approximate surface area is 143 Å². The Morgan fingerprint density at radius 2 is 1.76 bits per heavy atom. The Kier molecular flexibility index (Phi) is 3.70. The molecule has 1 N–H and O–H groups in total. The molecule has 0 spiro atoms. The highest BCUT2D eigenvalue weighted by molar-refractivity contribution is 5.93. The van der Waals surface area contributed by atoms with E-state index in [2.05, 4.69) is 36.9 Å². The van der Waals surface area contributed by atoms with Crippen LogP contribution in [0.1, 0.15) is 6.42 Å². The Bertz CT molecular complexity index is 986. The number of nitrogens with one attached hydrogen (secondary N) is 1. The van der Waals surface area contributed by atoms with Crippen molar-refractivity contribution in [3.05, 3.63) is 33.0 Å². The quantitative estimate of drug-likeness (QED) is 0.749. The van der Waals surface area contributed by atoms with E-state index < -0.39 is 0 Å². The van der Waals surface area contributed by atoms with Crippen LogP contribution in [0.2, 0.25) is 0 Å². The number of hydrogen-bond acceptors (Lipinski definition) is 6. The number of imidazole rings is 1. The zero-order valence-electron chi connectivity index (χ0n) is 14.4. The largest absolute Gasteiger partial charge is 0.353 e. The van der Waals surface area contributed by atoms with Gasteiger partial charge in [-0.2, -0.15) is 4.98 Å². The van der Waals surface area contributed by atoms with Gasteiger partial charge in [0.05, 0.1) is 0 Å². The molecule has 0 atom stereocenters. The van der Waals surface area contributed by atoms with Crippen molar-refractivity contribution in [3.8, 4) is 0 Å². The number of anilines is 1. The normalized spacial score (nSPS) is 18.1. The number of aryl methyl sites for hydroxylation is 1. The van der Waals surface area contributed by atoms with Crippen LogP contribution >= 0.6 is 0 Å². The molecule has 0 radical (unpaired) electrons. The molecule has 2 aromatic heterocycles. The SMILES string of the molecule is Cn1c(=O)c2[nH]c(N3CCN(C4=NCCC=C4)CC3)nc2n(C)c1=O. The van der Waals surface area contributed by atoms with Crippen molar-refractivity contribution in [1.29, 1.82) is 0 Å². The first-order valence-electron chi connectivity index (χ1n) is 8.43. The molecule has 2 aliphatic heterocycles. The molecule has 0 amide bonds. The lowest BCUT2D eigenvalue weighted by atomic mass is 10.2. The minimum Gasteiger partial charge on any atom is -0.353 e. The fraction of sp³-hybridized carbons (Fsp3) is 0.500. The van der Waals surface area contributed by atoms with Crippen LogP contribution in [0.15, 0.2) is 26.7 Å². The van der Waals surface area contributed by atoms with Gasteiger partial charge in [-0.05, 0) is 12.5 Å². The van der Waals surface area contributed by atoms with E-state index in [9.17, 15) is 9.59 Å². The van der Waals surface area contributed by atoms with Crippen molar-refractivity contribution in [2.75, 3.05) is 37.6 Å². The molecular weight excluding hydrogens is 322 g/mol. The molecule has 0 bridgehead atoms. The number of H-pyrrole nitrogens is 1. The number of amidine groups is 1. The van der Waals surface area contributed by atoms with Crippen LogP contribution in [0.25, 0.3) is 11.2 Å². The Morgan fingerprint density at radius 1 is 1.04 bits per heavy atom. The van der Waals surface area contributed by atoms with E-state index in [1.165, 1.54) is 11.6 Å². The van der Waals surface area contributed by atoms with Crippen molar-refractivity contribution in [2.24, 2.45) is 19.1 Å². The highest BCUT2D eigenvalue weighted by Gasteiger charge is 2.23. The number of rotatable bonds is 1. The number of fused-ring (bicyclic) bond motifs is 1. The van der Waals surface area contributed by atoms with Crippen LogP contribution in [0.5, 0.6) is 0 Å². The van der Waals surface area contributed by atoms with E-state index in [0.29, 0.717) is 17.1 Å².